The Bertz CT molecular complexity index is 849. The zero-order chi connectivity index (χ0) is 20.3. The van der Waals surface area contributed by atoms with Crippen molar-refractivity contribution < 1.29 is 14.3 Å². The Kier molecular flexibility index (Phi) is 6.23. The quantitative estimate of drug-likeness (QED) is 0.669. The Hall–Kier alpha value is -2.14. The fraction of sp³-hybridized carbons (Fsp3) is 0.478. The molecule has 1 heterocycles. The average molecular weight is 400 g/mol. The Labute approximate surface area is 171 Å². The molecule has 0 saturated heterocycles. The third kappa shape index (κ3) is 4.82. The summed E-state index contributed by atoms with van der Waals surface area (Å²) < 4.78 is 5.30. The summed E-state index contributed by atoms with van der Waals surface area (Å²) in [5.74, 6) is 0.0565. The van der Waals surface area contributed by atoms with Crippen molar-refractivity contribution in [3.8, 4) is 0 Å². The molecule has 0 fully saturated rings. The maximum atomic E-state index is 12.6. The molecule has 0 saturated carbocycles. The van der Waals surface area contributed by atoms with Crippen molar-refractivity contribution in [3.05, 3.63) is 51.9 Å². The van der Waals surface area contributed by atoms with E-state index in [4.69, 9.17) is 4.74 Å². The van der Waals surface area contributed by atoms with E-state index in [1.165, 1.54) is 21.8 Å². The van der Waals surface area contributed by atoms with Crippen molar-refractivity contribution in [2.75, 3.05) is 11.9 Å². The summed E-state index contributed by atoms with van der Waals surface area (Å²) in [6.45, 7) is 8.22. The van der Waals surface area contributed by atoms with Gasteiger partial charge in [0.15, 0.2) is 0 Å². The monoisotopic (exact) mass is 399 g/mol. The first-order valence-electron chi connectivity index (χ1n) is 9.95. The molecular formula is C23H29NO3S. The van der Waals surface area contributed by atoms with Gasteiger partial charge in [0.2, 0.25) is 5.91 Å². The fourth-order valence-electron chi connectivity index (χ4n) is 3.76. The van der Waals surface area contributed by atoms with E-state index in [2.05, 4.69) is 29.6 Å². The number of amides is 1. The van der Waals surface area contributed by atoms with Gasteiger partial charge in [0.1, 0.15) is 5.00 Å². The second kappa shape index (κ2) is 8.48. The summed E-state index contributed by atoms with van der Waals surface area (Å²) in [7, 11) is 0. The van der Waals surface area contributed by atoms with E-state index in [9.17, 15) is 9.59 Å². The second-order valence-corrected chi connectivity index (χ2v) is 9.67. The summed E-state index contributed by atoms with van der Waals surface area (Å²) in [5.41, 5.74) is 2.85. The van der Waals surface area contributed by atoms with E-state index in [0.717, 1.165) is 24.8 Å². The lowest BCUT2D eigenvalue weighted by Crippen LogP contribution is -2.21. The normalized spacial score (nSPS) is 16.4. The summed E-state index contributed by atoms with van der Waals surface area (Å²) >= 11 is 1.54. The molecule has 2 aromatic rings. The Morgan fingerprint density at radius 2 is 1.93 bits per heavy atom. The Balaban J connectivity index is 1.89. The van der Waals surface area contributed by atoms with E-state index < -0.39 is 0 Å². The molecule has 0 radical (unpaired) electrons. The van der Waals surface area contributed by atoms with Gasteiger partial charge in [-0.15, -0.1) is 11.3 Å². The van der Waals surface area contributed by atoms with E-state index in [1.807, 2.05) is 26.8 Å². The van der Waals surface area contributed by atoms with Crippen LogP contribution in [0.4, 0.5) is 5.00 Å². The molecule has 1 aromatic heterocycles. The lowest BCUT2D eigenvalue weighted by atomic mass is 9.83. The van der Waals surface area contributed by atoms with Crippen LogP contribution in [0.25, 0.3) is 0 Å². The molecule has 4 nitrogen and oxygen atoms in total. The van der Waals surface area contributed by atoms with Gasteiger partial charge in [-0.1, -0.05) is 51.1 Å². The van der Waals surface area contributed by atoms with Gasteiger partial charge in [-0.05, 0) is 48.6 Å². The second-order valence-electron chi connectivity index (χ2n) is 8.56. The topological polar surface area (TPSA) is 55.4 Å². The molecule has 1 N–H and O–H groups in total. The van der Waals surface area contributed by atoms with Gasteiger partial charge in [0.05, 0.1) is 12.2 Å². The summed E-state index contributed by atoms with van der Waals surface area (Å²) in [6, 6.07) is 10.5. The number of nitrogens with one attached hydrogen (secondary N) is 1. The maximum absolute atomic E-state index is 12.6. The van der Waals surface area contributed by atoms with Crippen LogP contribution in [0.5, 0.6) is 0 Å². The van der Waals surface area contributed by atoms with E-state index in [0.29, 0.717) is 29.5 Å². The van der Waals surface area contributed by atoms with Gasteiger partial charge in [0, 0.05) is 11.3 Å². The molecule has 1 unspecified atom stereocenters. The minimum atomic E-state index is -0.329. The standard InChI is InChI=1S/C23H29NO3S/c1-5-27-22(26)20-17-12-11-16(15-9-7-6-8-10-15)13-18(17)28-21(20)24-19(25)14-23(2,3)4/h6-10,16H,5,11-14H2,1-4H3,(H,24,25). The summed E-state index contributed by atoms with van der Waals surface area (Å²) in [4.78, 5) is 26.3. The largest absolute Gasteiger partial charge is 0.462 e. The number of ether oxygens (including phenoxy) is 1. The zero-order valence-electron chi connectivity index (χ0n) is 17.1. The van der Waals surface area contributed by atoms with Crippen molar-refractivity contribution in [2.24, 2.45) is 5.41 Å². The van der Waals surface area contributed by atoms with Gasteiger partial charge < -0.3 is 10.1 Å². The number of hydrogen-bond acceptors (Lipinski definition) is 4. The summed E-state index contributed by atoms with van der Waals surface area (Å²) in [5, 5.41) is 3.64. The SMILES string of the molecule is CCOC(=O)c1c(NC(=O)CC(C)(C)C)sc2c1CCC(c1ccccc1)C2. The van der Waals surface area contributed by atoms with E-state index >= 15 is 0 Å². The van der Waals surface area contributed by atoms with Crippen LogP contribution in [0.15, 0.2) is 30.3 Å². The van der Waals surface area contributed by atoms with Crippen molar-refractivity contribution in [1.82, 2.24) is 0 Å². The number of rotatable bonds is 5. The third-order valence-corrected chi connectivity index (χ3v) is 6.13. The number of benzene rings is 1. The molecule has 5 heteroatoms. The van der Waals surface area contributed by atoms with Crippen molar-refractivity contribution in [2.45, 2.75) is 59.3 Å². The molecular weight excluding hydrogens is 370 g/mol. The number of carbonyl (C=O) groups excluding carboxylic acids is 2. The van der Waals surface area contributed by atoms with E-state index in [-0.39, 0.29) is 17.3 Å². The first-order valence-corrected chi connectivity index (χ1v) is 10.8. The van der Waals surface area contributed by atoms with Crippen LogP contribution in [0.2, 0.25) is 0 Å². The Morgan fingerprint density at radius 1 is 1.21 bits per heavy atom. The van der Waals surface area contributed by atoms with Gasteiger partial charge in [-0.25, -0.2) is 4.79 Å². The highest BCUT2D eigenvalue weighted by Gasteiger charge is 2.31. The van der Waals surface area contributed by atoms with Gasteiger partial charge in [-0.3, -0.25) is 4.79 Å². The third-order valence-electron chi connectivity index (χ3n) is 4.96. The molecule has 1 amide bonds. The predicted molar refractivity (Wildman–Crippen MR) is 114 cm³/mol. The molecule has 1 aromatic carbocycles. The number of hydrogen-bond donors (Lipinski definition) is 1. The zero-order valence-corrected chi connectivity index (χ0v) is 17.9. The lowest BCUT2D eigenvalue weighted by molar-refractivity contribution is -0.117. The number of esters is 1. The predicted octanol–water partition coefficient (Wildman–Crippen LogP) is 5.57. The highest BCUT2D eigenvalue weighted by atomic mass is 32.1. The highest BCUT2D eigenvalue weighted by molar-refractivity contribution is 7.17. The molecule has 0 spiro atoms. The van der Waals surface area contributed by atoms with Crippen molar-refractivity contribution >= 4 is 28.2 Å². The van der Waals surface area contributed by atoms with Gasteiger partial charge in [0.25, 0.3) is 0 Å². The Morgan fingerprint density at radius 3 is 2.57 bits per heavy atom. The minimum Gasteiger partial charge on any atom is -0.462 e. The molecule has 0 aliphatic heterocycles. The molecule has 28 heavy (non-hydrogen) atoms. The van der Waals surface area contributed by atoms with Crippen LogP contribution in [0.1, 0.15) is 72.8 Å². The van der Waals surface area contributed by atoms with Gasteiger partial charge >= 0.3 is 5.97 Å². The van der Waals surface area contributed by atoms with E-state index in [1.54, 1.807) is 6.92 Å². The smallest absolute Gasteiger partial charge is 0.341 e. The highest BCUT2D eigenvalue weighted by Crippen LogP contribution is 2.43. The minimum absolute atomic E-state index is 0.0590. The molecule has 1 atom stereocenters. The molecule has 0 bridgehead atoms. The van der Waals surface area contributed by atoms with Crippen molar-refractivity contribution in [1.29, 1.82) is 0 Å². The maximum Gasteiger partial charge on any atom is 0.341 e. The first kappa shape index (κ1) is 20.6. The number of fused-ring (bicyclic) bond motifs is 1. The molecule has 150 valence electrons. The van der Waals surface area contributed by atoms with Crippen LogP contribution in [0.3, 0.4) is 0 Å². The van der Waals surface area contributed by atoms with Gasteiger partial charge in [-0.2, -0.15) is 0 Å². The lowest BCUT2D eigenvalue weighted by Gasteiger charge is -2.23. The summed E-state index contributed by atoms with van der Waals surface area (Å²) in [6.07, 6.45) is 3.13. The average Bonchev–Trinajstić information content (AvgIpc) is 2.97. The molecule has 1 aliphatic rings. The number of anilines is 1. The number of thiophene rings is 1. The van der Waals surface area contributed by atoms with Crippen LogP contribution in [0, 0.1) is 5.41 Å². The van der Waals surface area contributed by atoms with Crippen molar-refractivity contribution in [3.63, 3.8) is 0 Å². The van der Waals surface area contributed by atoms with Crippen LogP contribution < -0.4 is 5.32 Å². The molecule has 3 rings (SSSR count). The molecule has 1 aliphatic carbocycles. The van der Waals surface area contributed by atoms with Crippen LogP contribution in [-0.2, 0) is 22.4 Å². The number of carbonyl (C=O) groups is 2. The van der Waals surface area contributed by atoms with Crippen LogP contribution >= 0.6 is 11.3 Å². The van der Waals surface area contributed by atoms with Crippen LogP contribution in [-0.4, -0.2) is 18.5 Å². The first-order chi connectivity index (χ1) is 13.3. The fourth-order valence-corrected chi connectivity index (χ4v) is 5.09.